The molecule has 1 fully saturated rings. The second-order valence-corrected chi connectivity index (χ2v) is 5.11. The van der Waals surface area contributed by atoms with Crippen LogP contribution in [0, 0.1) is 0 Å². The van der Waals surface area contributed by atoms with E-state index >= 15 is 0 Å². The molecule has 1 N–H and O–H groups in total. The zero-order valence-electron chi connectivity index (χ0n) is 11.2. The first-order valence-electron chi connectivity index (χ1n) is 6.99. The Bertz CT molecular complexity index is 529. The summed E-state index contributed by atoms with van der Waals surface area (Å²) in [6.45, 7) is 2.81. The van der Waals surface area contributed by atoms with E-state index in [4.69, 9.17) is 4.52 Å². The van der Waals surface area contributed by atoms with Crippen LogP contribution in [0.2, 0.25) is 0 Å². The van der Waals surface area contributed by atoms with Crippen LogP contribution in [0.3, 0.4) is 0 Å². The van der Waals surface area contributed by atoms with Crippen molar-refractivity contribution < 1.29 is 4.52 Å². The van der Waals surface area contributed by atoms with Gasteiger partial charge in [0, 0.05) is 6.54 Å². The Morgan fingerprint density at radius 2 is 1.95 bits per heavy atom. The van der Waals surface area contributed by atoms with Crippen LogP contribution < -0.4 is 5.32 Å². The van der Waals surface area contributed by atoms with E-state index in [1.54, 1.807) is 0 Å². The van der Waals surface area contributed by atoms with Crippen molar-refractivity contribution in [2.45, 2.75) is 38.0 Å². The quantitative estimate of drug-likeness (QED) is 0.912. The minimum absolute atomic E-state index is 0.0571. The minimum Gasteiger partial charge on any atom is -0.338 e. The molecule has 0 unspecified atom stereocenters. The summed E-state index contributed by atoms with van der Waals surface area (Å²) in [5.74, 6) is 0.826. The number of hydrogen-bond acceptors (Lipinski definition) is 4. The zero-order chi connectivity index (χ0) is 13.1. The van der Waals surface area contributed by atoms with Gasteiger partial charge < -0.3 is 9.84 Å². The number of nitrogens with one attached hydrogen (secondary N) is 1. The summed E-state index contributed by atoms with van der Waals surface area (Å²) in [6, 6.07) is 11.1. The smallest absolute Gasteiger partial charge is 0.321 e. The van der Waals surface area contributed by atoms with Crippen molar-refractivity contribution in [2.75, 3.05) is 11.9 Å². The summed E-state index contributed by atoms with van der Waals surface area (Å²) in [5.41, 5.74) is 1.25. The second kappa shape index (κ2) is 5.03. The van der Waals surface area contributed by atoms with Crippen LogP contribution in [0.4, 0.5) is 6.01 Å². The lowest BCUT2D eigenvalue weighted by Crippen LogP contribution is -2.25. The van der Waals surface area contributed by atoms with Crippen molar-refractivity contribution in [3.63, 3.8) is 0 Å². The van der Waals surface area contributed by atoms with Gasteiger partial charge in [-0.3, -0.25) is 0 Å². The van der Waals surface area contributed by atoms with Gasteiger partial charge in [-0.05, 0) is 25.3 Å². The first-order chi connectivity index (χ1) is 9.35. The van der Waals surface area contributed by atoms with Crippen molar-refractivity contribution in [3.8, 4) is 0 Å². The predicted molar refractivity (Wildman–Crippen MR) is 74.2 cm³/mol. The molecule has 1 aliphatic rings. The molecular weight excluding hydrogens is 238 g/mol. The van der Waals surface area contributed by atoms with Gasteiger partial charge in [-0.25, -0.2) is 0 Å². The third-order valence-electron chi connectivity index (χ3n) is 3.97. The van der Waals surface area contributed by atoms with Gasteiger partial charge >= 0.3 is 6.01 Å². The molecule has 4 nitrogen and oxygen atoms in total. The highest BCUT2D eigenvalue weighted by atomic mass is 16.5. The van der Waals surface area contributed by atoms with E-state index in [1.165, 1.54) is 18.4 Å². The highest BCUT2D eigenvalue weighted by Crippen LogP contribution is 2.45. The summed E-state index contributed by atoms with van der Waals surface area (Å²) in [7, 11) is 0. The molecule has 1 aliphatic carbocycles. The molecule has 1 saturated carbocycles. The zero-order valence-corrected chi connectivity index (χ0v) is 11.2. The van der Waals surface area contributed by atoms with Crippen molar-refractivity contribution in [1.29, 1.82) is 0 Å². The topological polar surface area (TPSA) is 51.0 Å². The Kier molecular flexibility index (Phi) is 3.23. The van der Waals surface area contributed by atoms with Crippen molar-refractivity contribution in [1.82, 2.24) is 10.1 Å². The van der Waals surface area contributed by atoms with E-state index in [1.807, 2.05) is 13.0 Å². The maximum atomic E-state index is 5.29. The van der Waals surface area contributed by atoms with E-state index in [-0.39, 0.29) is 5.41 Å². The third-order valence-corrected chi connectivity index (χ3v) is 3.97. The van der Waals surface area contributed by atoms with Gasteiger partial charge in [0.15, 0.2) is 5.82 Å². The van der Waals surface area contributed by atoms with Gasteiger partial charge in [0.25, 0.3) is 0 Å². The highest BCUT2D eigenvalue weighted by Gasteiger charge is 2.41. The van der Waals surface area contributed by atoms with Crippen LogP contribution in [-0.2, 0) is 5.41 Å². The minimum atomic E-state index is -0.0571. The SMILES string of the molecule is CCNc1nc(C2(c3ccccc3)CCCC2)no1. The standard InChI is InChI=1S/C15H19N3O/c1-2-16-14-17-13(18-19-14)15(10-6-7-11-15)12-8-4-3-5-9-12/h3-5,8-9H,2,6-7,10-11H2,1H3,(H,16,17,18). The number of benzene rings is 1. The molecule has 1 aromatic carbocycles. The van der Waals surface area contributed by atoms with E-state index in [2.05, 4.69) is 39.7 Å². The van der Waals surface area contributed by atoms with E-state index in [0.29, 0.717) is 6.01 Å². The molecule has 0 spiro atoms. The van der Waals surface area contributed by atoms with Gasteiger partial charge in [0.2, 0.25) is 0 Å². The maximum absolute atomic E-state index is 5.29. The monoisotopic (exact) mass is 257 g/mol. The first-order valence-corrected chi connectivity index (χ1v) is 6.99. The molecule has 1 heterocycles. The van der Waals surface area contributed by atoms with Gasteiger partial charge in [-0.1, -0.05) is 48.3 Å². The molecule has 0 bridgehead atoms. The molecular formula is C15H19N3O. The van der Waals surface area contributed by atoms with Crippen LogP contribution in [0.15, 0.2) is 34.9 Å². The molecule has 3 rings (SSSR count). The molecule has 0 amide bonds. The third kappa shape index (κ3) is 2.11. The molecule has 1 aromatic heterocycles. The predicted octanol–water partition coefficient (Wildman–Crippen LogP) is 3.36. The van der Waals surface area contributed by atoms with Crippen molar-refractivity contribution in [3.05, 3.63) is 41.7 Å². The Labute approximate surface area is 113 Å². The molecule has 0 atom stereocenters. The largest absolute Gasteiger partial charge is 0.338 e. The average molecular weight is 257 g/mol. The van der Waals surface area contributed by atoms with E-state index in [9.17, 15) is 0 Å². The summed E-state index contributed by atoms with van der Waals surface area (Å²) in [4.78, 5) is 4.54. The van der Waals surface area contributed by atoms with E-state index in [0.717, 1.165) is 25.2 Å². The Morgan fingerprint density at radius 1 is 1.21 bits per heavy atom. The lowest BCUT2D eigenvalue weighted by atomic mass is 9.78. The molecule has 0 saturated heterocycles. The Morgan fingerprint density at radius 3 is 2.63 bits per heavy atom. The Hall–Kier alpha value is -1.84. The lowest BCUT2D eigenvalue weighted by molar-refractivity contribution is 0.395. The number of aromatic nitrogens is 2. The van der Waals surface area contributed by atoms with Crippen LogP contribution in [-0.4, -0.2) is 16.7 Å². The molecule has 4 heteroatoms. The van der Waals surface area contributed by atoms with E-state index < -0.39 is 0 Å². The molecule has 0 aliphatic heterocycles. The van der Waals surface area contributed by atoms with Crippen LogP contribution in [0.1, 0.15) is 44.0 Å². The van der Waals surface area contributed by atoms with Crippen molar-refractivity contribution >= 4 is 6.01 Å². The molecule has 19 heavy (non-hydrogen) atoms. The average Bonchev–Trinajstić information content (AvgIpc) is 3.09. The number of anilines is 1. The van der Waals surface area contributed by atoms with Crippen LogP contribution in [0.25, 0.3) is 0 Å². The summed E-state index contributed by atoms with van der Waals surface area (Å²) in [5, 5.41) is 7.30. The first kappa shape index (κ1) is 12.2. The summed E-state index contributed by atoms with van der Waals surface area (Å²) >= 11 is 0. The molecule has 100 valence electrons. The lowest BCUT2D eigenvalue weighted by Gasteiger charge is -2.25. The number of nitrogens with zero attached hydrogens (tertiary/aromatic N) is 2. The number of rotatable bonds is 4. The fourth-order valence-corrected chi connectivity index (χ4v) is 3.02. The van der Waals surface area contributed by atoms with Gasteiger partial charge in [-0.15, -0.1) is 0 Å². The molecule has 2 aromatic rings. The Balaban J connectivity index is 2.00. The van der Waals surface area contributed by atoms with Gasteiger partial charge in [0.05, 0.1) is 5.41 Å². The maximum Gasteiger partial charge on any atom is 0.321 e. The van der Waals surface area contributed by atoms with Gasteiger partial charge in [-0.2, -0.15) is 4.98 Å². The highest BCUT2D eigenvalue weighted by molar-refractivity contribution is 5.35. The summed E-state index contributed by atoms with van der Waals surface area (Å²) < 4.78 is 5.29. The second-order valence-electron chi connectivity index (χ2n) is 5.11. The van der Waals surface area contributed by atoms with Crippen LogP contribution in [0.5, 0.6) is 0 Å². The summed E-state index contributed by atoms with van der Waals surface area (Å²) in [6.07, 6.45) is 4.64. The van der Waals surface area contributed by atoms with Crippen LogP contribution >= 0.6 is 0 Å². The van der Waals surface area contributed by atoms with Gasteiger partial charge in [0.1, 0.15) is 0 Å². The fraction of sp³-hybridized carbons (Fsp3) is 0.467. The normalized spacial score (nSPS) is 17.5. The molecule has 0 radical (unpaired) electrons. The number of hydrogen-bond donors (Lipinski definition) is 1. The van der Waals surface area contributed by atoms with Crippen molar-refractivity contribution in [2.24, 2.45) is 0 Å². The fourth-order valence-electron chi connectivity index (χ4n) is 3.02.